The molecule has 0 aliphatic heterocycles. The molecule has 0 amide bonds. The molecule has 14 heavy (non-hydrogen) atoms. The summed E-state index contributed by atoms with van der Waals surface area (Å²) in [6.07, 6.45) is 6.90. The van der Waals surface area contributed by atoms with Gasteiger partial charge in [-0.15, -0.1) is 12.3 Å². The lowest BCUT2D eigenvalue weighted by Gasteiger charge is -2.10. The van der Waals surface area contributed by atoms with E-state index in [9.17, 15) is 0 Å². The second-order valence-corrected chi connectivity index (χ2v) is 3.45. The summed E-state index contributed by atoms with van der Waals surface area (Å²) in [5, 5.41) is 0. The van der Waals surface area contributed by atoms with Gasteiger partial charge in [0.25, 0.3) is 0 Å². The molecule has 0 atom stereocenters. The van der Waals surface area contributed by atoms with Crippen LogP contribution in [0.1, 0.15) is 23.1 Å². The number of rotatable bonds is 3. The Labute approximate surface area is 86.1 Å². The van der Waals surface area contributed by atoms with Crippen LogP contribution in [0.3, 0.4) is 0 Å². The molecule has 1 rings (SSSR count). The molecule has 0 radical (unpaired) electrons. The van der Waals surface area contributed by atoms with E-state index in [1.54, 1.807) is 7.11 Å². The second-order valence-electron chi connectivity index (χ2n) is 3.45. The predicted molar refractivity (Wildman–Crippen MR) is 59.6 cm³/mol. The average Bonchev–Trinajstić information content (AvgIpc) is 2.19. The van der Waals surface area contributed by atoms with Gasteiger partial charge in [0.15, 0.2) is 0 Å². The van der Waals surface area contributed by atoms with Gasteiger partial charge in [0.2, 0.25) is 0 Å². The lowest BCUT2D eigenvalue weighted by molar-refractivity contribution is 0.409. The van der Waals surface area contributed by atoms with Gasteiger partial charge in [0.1, 0.15) is 5.75 Å². The lowest BCUT2D eigenvalue weighted by Crippen LogP contribution is -1.94. The van der Waals surface area contributed by atoms with Gasteiger partial charge >= 0.3 is 0 Å². The van der Waals surface area contributed by atoms with Crippen LogP contribution in [0.2, 0.25) is 0 Å². The van der Waals surface area contributed by atoms with Crippen molar-refractivity contribution in [2.24, 2.45) is 0 Å². The van der Waals surface area contributed by atoms with Gasteiger partial charge in [0.05, 0.1) is 7.11 Å². The van der Waals surface area contributed by atoms with Crippen molar-refractivity contribution in [3.8, 4) is 18.1 Å². The smallest absolute Gasteiger partial charge is 0.122 e. The Hall–Kier alpha value is -1.42. The van der Waals surface area contributed by atoms with Crippen molar-refractivity contribution >= 4 is 0 Å². The molecule has 0 aliphatic rings. The van der Waals surface area contributed by atoms with Crippen LogP contribution >= 0.6 is 0 Å². The first kappa shape index (κ1) is 10.7. The van der Waals surface area contributed by atoms with Crippen molar-refractivity contribution < 1.29 is 4.74 Å². The first-order valence-electron chi connectivity index (χ1n) is 4.76. The van der Waals surface area contributed by atoms with E-state index in [1.165, 1.54) is 16.7 Å². The van der Waals surface area contributed by atoms with E-state index in [1.807, 2.05) is 0 Å². The fourth-order valence-electron chi connectivity index (χ4n) is 1.44. The van der Waals surface area contributed by atoms with Crippen molar-refractivity contribution in [2.45, 2.75) is 26.7 Å². The summed E-state index contributed by atoms with van der Waals surface area (Å²) in [6, 6.07) is 4.23. The number of benzene rings is 1. The lowest BCUT2D eigenvalue weighted by atomic mass is 10.0. The van der Waals surface area contributed by atoms with Gasteiger partial charge in [-0.25, -0.2) is 0 Å². The quantitative estimate of drug-likeness (QED) is 0.663. The number of hydrogen-bond donors (Lipinski definition) is 0. The summed E-state index contributed by atoms with van der Waals surface area (Å²) < 4.78 is 5.31. The van der Waals surface area contributed by atoms with Gasteiger partial charge in [-0.2, -0.15) is 0 Å². The third-order valence-electron chi connectivity index (χ3n) is 2.44. The summed E-state index contributed by atoms with van der Waals surface area (Å²) in [4.78, 5) is 0. The van der Waals surface area contributed by atoms with E-state index in [0.29, 0.717) is 0 Å². The minimum atomic E-state index is 0.763. The first-order valence-corrected chi connectivity index (χ1v) is 4.76. The molecule has 0 spiro atoms. The minimum Gasteiger partial charge on any atom is -0.496 e. The highest BCUT2D eigenvalue weighted by Gasteiger charge is 2.04. The fraction of sp³-hybridized carbons (Fsp3) is 0.385. The summed E-state index contributed by atoms with van der Waals surface area (Å²) in [7, 11) is 1.70. The molecule has 0 heterocycles. The van der Waals surface area contributed by atoms with E-state index in [2.05, 4.69) is 31.9 Å². The van der Waals surface area contributed by atoms with Crippen LogP contribution in [0.15, 0.2) is 12.1 Å². The van der Waals surface area contributed by atoms with Gasteiger partial charge in [-0.3, -0.25) is 0 Å². The molecular weight excluding hydrogens is 172 g/mol. The molecule has 0 bridgehead atoms. The minimum absolute atomic E-state index is 0.763. The van der Waals surface area contributed by atoms with Crippen molar-refractivity contribution in [2.75, 3.05) is 7.11 Å². The van der Waals surface area contributed by atoms with Crippen LogP contribution in [0, 0.1) is 26.2 Å². The van der Waals surface area contributed by atoms with Gasteiger partial charge in [-0.1, -0.05) is 6.07 Å². The topological polar surface area (TPSA) is 9.23 Å². The molecule has 0 unspecified atom stereocenters. The number of aryl methyl sites for hydroxylation is 3. The molecule has 0 saturated heterocycles. The Kier molecular flexibility index (Phi) is 3.59. The molecule has 0 aliphatic carbocycles. The number of ether oxygens (including phenoxy) is 1. The highest BCUT2D eigenvalue weighted by atomic mass is 16.5. The monoisotopic (exact) mass is 188 g/mol. The molecule has 0 fully saturated rings. The standard InChI is InChI=1S/C13H16O/c1-5-6-7-12-8-10(2)11(3)9-13(12)14-4/h1,8-9H,6-7H2,2-4H3. The molecule has 0 saturated carbocycles. The van der Waals surface area contributed by atoms with Crippen LogP contribution in [-0.4, -0.2) is 7.11 Å². The van der Waals surface area contributed by atoms with Gasteiger partial charge in [-0.05, 0) is 43.0 Å². The Morgan fingerprint density at radius 3 is 2.50 bits per heavy atom. The third-order valence-corrected chi connectivity index (χ3v) is 2.44. The Morgan fingerprint density at radius 1 is 1.29 bits per heavy atom. The molecule has 1 aromatic rings. The van der Waals surface area contributed by atoms with Crippen molar-refractivity contribution in [3.05, 3.63) is 28.8 Å². The largest absolute Gasteiger partial charge is 0.496 e. The maximum Gasteiger partial charge on any atom is 0.122 e. The second kappa shape index (κ2) is 4.72. The number of methoxy groups -OCH3 is 1. The van der Waals surface area contributed by atoms with E-state index in [0.717, 1.165) is 18.6 Å². The predicted octanol–water partition coefficient (Wildman–Crippen LogP) is 2.88. The van der Waals surface area contributed by atoms with E-state index in [-0.39, 0.29) is 0 Å². The van der Waals surface area contributed by atoms with Crippen LogP contribution in [0.4, 0.5) is 0 Å². The zero-order chi connectivity index (χ0) is 10.6. The van der Waals surface area contributed by atoms with Crippen molar-refractivity contribution in [1.82, 2.24) is 0 Å². The van der Waals surface area contributed by atoms with Gasteiger partial charge < -0.3 is 4.74 Å². The fourth-order valence-corrected chi connectivity index (χ4v) is 1.44. The van der Waals surface area contributed by atoms with E-state index >= 15 is 0 Å². The molecule has 1 heteroatoms. The van der Waals surface area contributed by atoms with Crippen molar-refractivity contribution in [3.63, 3.8) is 0 Å². The van der Waals surface area contributed by atoms with Gasteiger partial charge in [0, 0.05) is 6.42 Å². The average molecular weight is 188 g/mol. The van der Waals surface area contributed by atoms with Crippen LogP contribution in [0.5, 0.6) is 5.75 Å². The highest BCUT2D eigenvalue weighted by Crippen LogP contribution is 2.23. The molecule has 74 valence electrons. The zero-order valence-electron chi connectivity index (χ0n) is 9.05. The van der Waals surface area contributed by atoms with Crippen LogP contribution in [0.25, 0.3) is 0 Å². The molecule has 1 aromatic carbocycles. The third kappa shape index (κ3) is 2.29. The number of terminal acetylenes is 1. The molecule has 1 nitrogen and oxygen atoms in total. The molecule has 0 N–H and O–H groups in total. The highest BCUT2D eigenvalue weighted by molar-refractivity contribution is 5.42. The first-order chi connectivity index (χ1) is 6.69. The SMILES string of the molecule is C#CCCc1cc(C)c(C)cc1OC. The Morgan fingerprint density at radius 2 is 1.93 bits per heavy atom. The molecule has 0 aromatic heterocycles. The Bertz CT molecular complexity index is 358. The van der Waals surface area contributed by atoms with E-state index < -0.39 is 0 Å². The zero-order valence-corrected chi connectivity index (χ0v) is 9.05. The normalized spacial score (nSPS) is 9.57. The molecular formula is C13H16O. The van der Waals surface area contributed by atoms with Crippen LogP contribution in [-0.2, 0) is 6.42 Å². The maximum atomic E-state index is 5.31. The summed E-state index contributed by atoms with van der Waals surface area (Å²) in [5.41, 5.74) is 3.75. The maximum absolute atomic E-state index is 5.31. The summed E-state index contributed by atoms with van der Waals surface area (Å²) in [5.74, 6) is 3.59. The van der Waals surface area contributed by atoms with E-state index in [4.69, 9.17) is 11.2 Å². The summed E-state index contributed by atoms with van der Waals surface area (Å²) >= 11 is 0. The number of hydrogen-bond acceptors (Lipinski definition) is 1. The Balaban J connectivity index is 3.02. The van der Waals surface area contributed by atoms with Crippen LogP contribution < -0.4 is 4.74 Å². The van der Waals surface area contributed by atoms with Crippen molar-refractivity contribution in [1.29, 1.82) is 0 Å². The summed E-state index contributed by atoms with van der Waals surface area (Å²) in [6.45, 7) is 4.19.